The van der Waals surface area contributed by atoms with E-state index in [-0.39, 0.29) is 19.1 Å². The minimum absolute atomic E-state index is 0.00781. The molecule has 0 unspecified atom stereocenters. The van der Waals surface area contributed by atoms with Gasteiger partial charge in [0.15, 0.2) is 0 Å². The number of carbonyl (C=O) groups excluding carboxylic acids is 1. The minimum Gasteiger partial charge on any atom is -0.495 e. The second-order valence-corrected chi connectivity index (χ2v) is 4.27. The van der Waals surface area contributed by atoms with Gasteiger partial charge in [-0.15, -0.1) is 0 Å². The summed E-state index contributed by atoms with van der Waals surface area (Å²) in [5.74, 6) is 0.502. The minimum atomic E-state index is -0.785. The molecule has 1 atom stereocenters. The molecule has 0 saturated heterocycles. The van der Waals surface area contributed by atoms with Gasteiger partial charge in [-0.2, -0.15) is 0 Å². The number of rotatable bonds is 6. The summed E-state index contributed by atoms with van der Waals surface area (Å²) in [6, 6.07) is 3.06. The van der Waals surface area contributed by atoms with Crippen LogP contribution in [0.1, 0.15) is 6.92 Å². The van der Waals surface area contributed by atoms with Gasteiger partial charge in [0.2, 0.25) is 5.91 Å². The molecule has 4 N–H and O–H groups in total. The fourth-order valence-electron chi connectivity index (χ4n) is 1.35. The molecule has 1 rings (SSSR count). The van der Waals surface area contributed by atoms with Crippen molar-refractivity contribution in [2.45, 2.75) is 13.0 Å². The number of amides is 1. The molecule has 1 amide bonds. The number of nitrogens with one attached hydrogen (secondary N) is 1. The molecule has 0 radical (unpaired) electrons. The zero-order valence-electron chi connectivity index (χ0n) is 10.8. The standard InChI is InChI=1S/C12H17ClN2O4/c1-7(16)15-10-3-9(13)11(18-2)4-12(10)19-6-8(17)5-14/h3-4,8,17H,5-6,14H2,1-2H3,(H,15,16)/t8-/m1/s1. The van der Waals surface area contributed by atoms with Crippen molar-refractivity contribution in [2.75, 3.05) is 25.6 Å². The third-order valence-electron chi connectivity index (χ3n) is 2.27. The topological polar surface area (TPSA) is 93.8 Å². The summed E-state index contributed by atoms with van der Waals surface area (Å²) in [6.07, 6.45) is -0.785. The lowest BCUT2D eigenvalue weighted by molar-refractivity contribution is -0.114. The van der Waals surface area contributed by atoms with Crippen LogP contribution in [0.4, 0.5) is 5.69 Å². The highest BCUT2D eigenvalue weighted by Gasteiger charge is 2.13. The van der Waals surface area contributed by atoms with Crippen LogP contribution in [-0.4, -0.2) is 37.4 Å². The highest BCUT2D eigenvalue weighted by Crippen LogP contribution is 2.36. The van der Waals surface area contributed by atoms with E-state index in [1.807, 2.05) is 0 Å². The van der Waals surface area contributed by atoms with Crippen LogP contribution in [0, 0.1) is 0 Å². The average Bonchev–Trinajstić information content (AvgIpc) is 2.36. The maximum Gasteiger partial charge on any atom is 0.221 e. The number of ether oxygens (including phenoxy) is 2. The van der Waals surface area contributed by atoms with E-state index in [0.717, 1.165) is 0 Å². The van der Waals surface area contributed by atoms with Gasteiger partial charge < -0.3 is 25.6 Å². The van der Waals surface area contributed by atoms with Crippen LogP contribution < -0.4 is 20.5 Å². The smallest absolute Gasteiger partial charge is 0.221 e. The molecule has 1 aromatic carbocycles. The van der Waals surface area contributed by atoms with Gasteiger partial charge in [0.05, 0.1) is 17.8 Å². The number of methoxy groups -OCH3 is 1. The second-order valence-electron chi connectivity index (χ2n) is 3.86. The van der Waals surface area contributed by atoms with E-state index in [1.54, 1.807) is 0 Å². The molecule has 19 heavy (non-hydrogen) atoms. The lowest BCUT2D eigenvalue weighted by Crippen LogP contribution is -2.26. The second kappa shape index (κ2) is 7.18. The van der Waals surface area contributed by atoms with Gasteiger partial charge >= 0.3 is 0 Å². The fraction of sp³-hybridized carbons (Fsp3) is 0.417. The number of hydrogen-bond donors (Lipinski definition) is 3. The van der Waals surface area contributed by atoms with E-state index in [2.05, 4.69) is 5.32 Å². The predicted molar refractivity (Wildman–Crippen MR) is 72.9 cm³/mol. The molecular weight excluding hydrogens is 272 g/mol. The van der Waals surface area contributed by atoms with Crippen molar-refractivity contribution in [2.24, 2.45) is 5.73 Å². The van der Waals surface area contributed by atoms with Crippen LogP contribution in [0.2, 0.25) is 5.02 Å². The Bertz CT molecular complexity index is 454. The number of aliphatic hydroxyl groups excluding tert-OH is 1. The Morgan fingerprint density at radius 1 is 1.53 bits per heavy atom. The maximum absolute atomic E-state index is 11.1. The lowest BCUT2D eigenvalue weighted by Gasteiger charge is -2.16. The van der Waals surface area contributed by atoms with Crippen molar-refractivity contribution in [3.63, 3.8) is 0 Å². The van der Waals surface area contributed by atoms with Gasteiger partial charge in [-0.3, -0.25) is 4.79 Å². The van der Waals surface area contributed by atoms with E-state index in [4.69, 9.17) is 26.8 Å². The molecule has 0 aliphatic rings. The number of hydrogen-bond acceptors (Lipinski definition) is 5. The van der Waals surface area contributed by atoms with Gasteiger partial charge in [-0.05, 0) is 6.07 Å². The Labute approximate surface area is 116 Å². The van der Waals surface area contributed by atoms with Crippen LogP contribution >= 0.6 is 11.6 Å². The van der Waals surface area contributed by atoms with E-state index in [1.165, 1.54) is 26.2 Å². The number of carbonyl (C=O) groups is 1. The Morgan fingerprint density at radius 2 is 2.21 bits per heavy atom. The fourth-order valence-corrected chi connectivity index (χ4v) is 1.59. The first-order valence-corrected chi connectivity index (χ1v) is 6.01. The number of halogens is 1. The first kappa shape index (κ1) is 15.6. The molecule has 0 aliphatic heterocycles. The van der Waals surface area contributed by atoms with Crippen LogP contribution in [-0.2, 0) is 4.79 Å². The summed E-state index contributed by atoms with van der Waals surface area (Å²) in [4.78, 5) is 11.1. The molecule has 0 saturated carbocycles. The number of aliphatic hydroxyl groups is 1. The van der Waals surface area contributed by atoms with Crippen molar-refractivity contribution in [3.05, 3.63) is 17.2 Å². The SMILES string of the molecule is COc1cc(OC[C@H](O)CN)c(NC(C)=O)cc1Cl. The van der Waals surface area contributed by atoms with Crippen molar-refractivity contribution < 1.29 is 19.4 Å². The molecule has 6 nitrogen and oxygen atoms in total. The first-order valence-electron chi connectivity index (χ1n) is 5.64. The van der Waals surface area contributed by atoms with E-state index in [0.29, 0.717) is 22.2 Å². The molecule has 1 aromatic rings. The van der Waals surface area contributed by atoms with E-state index < -0.39 is 6.10 Å². The molecule has 106 valence electrons. The van der Waals surface area contributed by atoms with Crippen molar-refractivity contribution in [3.8, 4) is 11.5 Å². The van der Waals surface area contributed by atoms with E-state index in [9.17, 15) is 9.90 Å². The Morgan fingerprint density at radius 3 is 2.74 bits per heavy atom. The maximum atomic E-state index is 11.1. The van der Waals surface area contributed by atoms with Gasteiger partial charge in [0, 0.05) is 19.5 Å². The normalized spacial score (nSPS) is 11.8. The third-order valence-corrected chi connectivity index (χ3v) is 2.56. The zero-order valence-corrected chi connectivity index (χ0v) is 11.5. The highest BCUT2D eigenvalue weighted by atomic mass is 35.5. The van der Waals surface area contributed by atoms with Gasteiger partial charge in [-0.1, -0.05) is 11.6 Å². The summed E-state index contributed by atoms with van der Waals surface area (Å²) in [7, 11) is 1.47. The quantitative estimate of drug-likeness (QED) is 0.726. The molecule has 0 spiro atoms. The lowest BCUT2D eigenvalue weighted by atomic mass is 10.2. The van der Waals surface area contributed by atoms with E-state index >= 15 is 0 Å². The summed E-state index contributed by atoms with van der Waals surface area (Å²) >= 11 is 5.97. The highest BCUT2D eigenvalue weighted by molar-refractivity contribution is 6.32. The number of benzene rings is 1. The molecular formula is C12H17ClN2O4. The van der Waals surface area contributed by atoms with Crippen LogP contribution in [0.15, 0.2) is 12.1 Å². The van der Waals surface area contributed by atoms with Crippen molar-refractivity contribution >= 4 is 23.2 Å². The molecule has 0 aromatic heterocycles. The van der Waals surface area contributed by atoms with Gasteiger partial charge in [0.1, 0.15) is 24.2 Å². The Hall–Kier alpha value is -1.50. The summed E-state index contributed by atoms with van der Waals surface area (Å²) in [5.41, 5.74) is 5.69. The molecule has 0 aliphatic carbocycles. The monoisotopic (exact) mass is 288 g/mol. The van der Waals surface area contributed by atoms with Gasteiger partial charge in [-0.25, -0.2) is 0 Å². The van der Waals surface area contributed by atoms with Crippen molar-refractivity contribution in [1.29, 1.82) is 0 Å². The Kier molecular flexibility index (Phi) is 5.88. The average molecular weight is 289 g/mol. The number of anilines is 1. The summed E-state index contributed by atoms with van der Waals surface area (Å²) < 4.78 is 10.5. The predicted octanol–water partition coefficient (Wildman–Crippen LogP) is 1.01. The molecule has 0 heterocycles. The summed E-state index contributed by atoms with van der Waals surface area (Å²) in [6.45, 7) is 1.46. The zero-order chi connectivity index (χ0) is 14.4. The first-order chi connectivity index (χ1) is 8.97. The van der Waals surface area contributed by atoms with Crippen molar-refractivity contribution in [1.82, 2.24) is 0 Å². The number of nitrogens with two attached hydrogens (primary N) is 1. The molecule has 0 fully saturated rings. The largest absolute Gasteiger partial charge is 0.495 e. The molecule has 0 bridgehead atoms. The van der Waals surface area contributed by atoms with Crippen LogP contribution in [0.25, 0.3) is 0 Å². The summed E-state index contributed by atoms with van der Waals surface area (Å²) in [5, 5.41) is 12.3. The Balaban J connectivity index is 2.99. The third kappa shape index (κ3) is 4.59. The molecule has 7 heteroatoms. The van der Waals surface area contributed by atoms with Crippen LogP contribution in [0.5, 0.6) is 11.5 Å². The van der Waals surface area contributed by atoms with Gasteiger partial charge in [0.25, 0.3) is 0 Å². The van der Waals surface area contributed by atoms with Crippen LogP contribution in [0.3, 0.4) is 0 Å².